The van der Waals surface area contributed by atoms with Gasteiger partial charge in [-0.1, -0.05) is 19.9 Å². The molecule has 104 valence electrons. The molecule has 0 radical (unpaired) electrons. The molecule has 6 heteroatoms. The molecule has 0 bridgehead atoms. The Balaban J connectivity index is 2.52. The van der Waals surface area contributed by atoms with Crippen molar-refractivity contribution in [2.24, 2.45) is 5.92 Å². The topological polar surface area (TPSA) is 104 Å². The Kier molecular flexibility index (Phi) is 5.17. The largest absolute Gasteiger partial charge is 0.505 e. The minimum Gasteiger partial charge on any atom is -0.505 e. The van der Waals surface area contributed by atoms with Gasteiger partial charge >= 0.3 is 0 Å². The van der Waals surface area contributed by atoms with E-state index in [1.165, 1.54) is 12.1 Å². The number of rotatable bonds is 5. The molecule has 1 aromatic carbocycles. The Morgan fingerprint density at radius 1 is 1.32 bits per heavy atom. The maximum Gasteiger partial charge on any atom is 0.255 e. The van der Waals surface area contributed by atoms with Gasteiger partial charge in [-0.2, -0.15) is 0 Å². The minimum absolute atomic E-state index is 0.0525. The molecule has 0 atom stereocenters. The van der Waals surface area contributed by atoms with E-state index in [-0.39, 0.29) is 29.5 Å². The number of hydrogen-bond acceptors (Lipinski definition) is 4. The smallest absolute Gasteiger partial charge is 0.255 e. The number of aromatic hydroxyl groups is 1. The fraction of sp³-hybridized carbons (Fsp3) is 0.385. The number of hydrogen-bond donors (Lipinski definition) is 4. The number of carbonyl (C=O) groups is 2. The van der Waals surface area contributed by atoms with Crippen LogP contribution in [0.15, 0.2) is 18.2 Å². The fourth-order valence-corrected chi connectivity index (χ4v) is 1.38. The first-order valence-electron chi connectivity index (χ1n) is 6.04. The van der Waals surface area contributed by atoms with Gasteiger partial charge in [-0.15, -0.1) is 0 Å². The molecule has 0 saturated carbocycles. The lowest BCUT2D eigenvalue weighted by Gasteiger charge is -2.10. The lowest BCUT2D eigenvalue weighted by Crippen LogP contribution is -2.38. The van der Waals surface area contributed by atoms with E-state index in [2.05, 4.69) is 10.6 Å². The predicted octanol–water partition coefficient (Wildman–Crippen LogP) is 0.476. The third-order valence-corrected chi connectivity index (χ3v) is 2.43. The van der Waals surface area contributed by atoms with Crippen LogP contribution in [-0.2, 0) is 4.79 Å². The number of phenols is 1. The van der Waals surface area contributed by atoms with Crippen LogP contribution in [-0.4, -0.2) is 30.0 Å². The van der Waals surface area contributed by atoms with Crippen molar-refractivity contribution in [2.45, 2.75) is 13.8 Å². The van der Waals surface area contributed by atoms with Crippen LogP contribution in [0.1, 0.15) is 24.2 Å². The van der Waals surface area contributed by atoms with E-state index < -0.39 is 5.91 Å². The van der Waals surface area contributed by atoms with Crippen LogP contribution in [0, 0.1) is 5.92 Å². The Morgan fingerprint density at radius 2 is 2.00 bits per heavy atom. The highest BCUT2D eigenvalue weighted by atomic mass is 16.3. The van der Waals surface area contributed by atoms with Crippen molar-refractivity contribution >= 4 is 17.5 Å². The summed E-state index contributed by atoms with van der Waals surface area (Å²) >= 11 is 0. The Bertz CT molecular complexity index is 472. The third kappa shape index (κ3) is 4.50. The highest BCUT2D eigenvalue weighted by molar-refractivity contribution is 6.00. The third-order valence-electron chi connectivity index (χ3n) is 2.43. The quantitative estimate of drug-likeness (QED) is 0.459. The first-order chi connectivity index (χ1) is 8.91. The number of para-hydroxylation sites is 1. The number of nitrogens with two attached hydrogens (primary N) is 1. The molecule has 0 saturated heterocycles. The Hall–Kier alpha value is -2.24. The van der Waals surface area contributed by atoms with Gasteiger partial charge in [-0.05, 0) is 18.1 Å². The number of nitrogens with one attached hydrogen (secondary N) is 2. The maximum atomic E-state index is 11.8. The minimum atomic E-state index is -0.538. The van der Waals surface area contributed by atoms with Crippen molar-refractivity contribution in [1.82, 2.24) is 10.6 Å². The monoisotopic (exact) mass is 265 g/mol. The summed E-state index contributed by atoms with van der Waals surface area (Å²) in [6, 6.07) is 4.48. The van der Waals surface area contributed by atoms with Gasteiger partial charge in [-0.3, -0.25) is 9.59 Å². The number of anilines is 1. The van der Waals surface area contributed by atoms with Crippen LogP contribution in [0.4, 0.5) is 5.69 Å². The fourth-order valence-electron chi connectivity index (χ4n) is 1.38. The van der Waals surface area contributed by atoms with Crippen LogP contribution in [0.2, 0.25) is 0 Å². The van der Waals surface area contributed by atoms with Crippen molar-refractivity contribution in [3.8, 4) is 5.75 Å². The van der Waals surface area contributed by atoms with Gasteiger partial charge in [0.25, 0.3) is 5.91 Å². The average molecular weight is 265 g/mol. The first-order valence-corrected chi connectivity index (χ1v) is 6.04. The van der Waals surface area contributed by atoms with Crippen LogP contribution in [0.3, 0.4) is 0 Å². The van der Waals surface area contributed by atoms with E-state index in [9.17, 15) is 14.7 Å². The number of benzene rings is 1. The molecule has 0 spiro atoms. The highest BCUT2D eigenvalue weighted by Crippen LogP contribution is 2.23. The van der Waals surface area contributed by atoms with Crippen molar-refractivity contribution in [1.29, 1.82) is 0 Å². The summed E-state index contributed by atoms with van der Waals surface area (Å²) in [5.74, 6) is -0.741. The van der Waals surface area contributed by atoms with Crippen LogP contribution in [0.25, 0.3) is 0 Å². The van der Waals surface area contributed by atoms with E-state index in [0.29, 0.717) is 12.5 Å². The highest BCUT2D eigenvalue weighted by Gasteiger charge is 2.13. The van der Waals surface area contributed by atoms with Crippen molar-refractivity contribution < 1.29 is 14.7 Å². The summed E-state index contributed by atoms with van der Waals surface area (Å²) in [5, 5.41) is 14.7. The average Bonchev–Trinajstić information content (AvgIpc) is 2.36. The number of amides is 2. The Morgan fingerprint density at radius 3 is 2.63 bits per heavy atom. The second kappa shape index (κ2) is 6.63. The number of phenolic OH excluding ortho intramolecular Hbond substituents is 1. The van der Waals surface area contributed by atoms with Crippen molar-refractivity contribution in [3.63, 3.8) is 0 Å². The van der Waals surface area contributed by atoms with Gasteiger partial charge in [0.1, 0.15) is 0 Å². The molecule has 0 aliphatic carbocycles. The zero-order valence-corrected chi connectivity index (χ0v) is 11.1. The molecule has 0 aromatic heterocycles. The maximum absolute atomic E-state index is 11.8. The van der Waals surface area contributed by atoms with E-state index in [1.54, 1.807) is 6.07 Å². The van der Waals surface area contributed by atoms with E-state index in [0.717, 1.165) is 0 Å². The molecule has 0 fully saturated rings. The predicted molar refractivity (Wildman–Crippen MR) is 72.7 cm³/mol. The lowest BCUT2D eigenvalue weighted by atomic mass is 10.1. The summed E-state index contributed by atoms with van der Waals surface area (Å²) in [6.45, 7) is 4.37. The molecular formula is C13H19N3O3. The molecule has 0 aliphatic heterocycles. The number of nitrogen functional groups attached to an aromatic ring is 1. The van der Waals surface area contributed by atoms with Crippen LogP contribution < -0.4 is 16.4 Å². The lowest BCUT2D eigenvalue weighted by molar-refractivity contribution is -0.120. The molecule has 0 unspecified atom stereocenters. The summed E-state index contributed by atoms with van der Waals surface area (Å²) in [4.78, 5) is 23.2. The first kappa shape index (κ1) is 14.8. The van der Waals surface area contributed by atoms with Gasteiger partial charge in [0, 0.05) is 6.54 Å². The molecule has 1 aromatic rings. The summed E-state index contributed by atoms with van der Waals surface area (Å²) in [5.41, 5.74) is 5.66. The summed E-state index contributed by atoms with van der Waals surface area (Å²) < 4.78 is 0. The second-order valence-electron chi connectivity index (χ2n) is 4.62. The van der Waals surface area contributed by atoms with E-state index in [1.807, 2.05) is 13.8 Å². The van der Waals surface area contributed by atoms with E-state index in [4.69, 9.17) is 5.73 Å². The van der Waals surface area contributed by atoms with Gasteiger partial charge in [0.05, 0.1) is 17.8 Å². The standard InChI is InChI=1S/C13H19N3O3/c1-8(2)6-15-11(17)7-16-13(19)9-4-3-5-10(14)12(9)18/h3-5,8,18H,6-7,14H2,1-2H3,(H,15,17)(H,16,19). The zero-order valence-electron chi connectivity index (χ0n) is 11.1. The molecule has 6 nitrogen and oxygen atoms in total. The molecule has 19 heavy (non-hydrogen) atoms. The Labute approximate surface area is 112 Å². The molecule has 0 heterocycles. The van der Waals surface area contributed by atoms with Crippen molar-refractivity contribution in [3.05, 3.63) is 23.8 Å². The van der Waals surface area contributed by atoms with Gasteiger partial charge in [0.2, 0.25) is 5.91 Å². The number of carbonyl (C=O) groups excluding carboxylic acids is 2. The van der Waals surface area contributed by atoms with Gasteiger partial charge in [-0.25, -0.2) is 0 Å². The normalized spacial score (nSPS) is 10.3. The van der Waals surface area contributed by atoms with Crippen LogP contribution >= 0.6 is 0 Å². The van der Waals surface area contributed by atoms with Gasteiger partial charge < -0.3 is 21.5 Å². The molecule has 1 rings (SSSR count). The van der Waals surface area contributed by atoms with Crippen molar-refractivity contribution in [2.75, 3.05) is 18.8 Å². The molecular weight excluding hydrogens is 246 g/mol. The SMILES string of the molecule is CC(C)CNC(=O)CNC(=O)c1cccc(N)c1O. The molecule has 0 aliphatic rings. The van der Waals surface area contributed by atoms with Gasteiger partial charge in [0.15, 0.2) is 5.75 Å². The van der Waals surface area contributed by atoms with Crippen LogP contribution in [0.5, 0.6) is 5.75 Å². The van der Waals surface area contributed by atoms with E-state index >= 15 is 0 Å². The second-order valence-corrected chi connectivity index (χ2v) is 4.62. The molecule has 2 amide bonds. The molecule has 5 N–H and O–H groups in total. The summed E-state index contributed by atoms with van der Waals surface area (Å²) in [6.07, 6.45) is 0. The summed E-state index contributed by atoms with van der Waals surface area (Å²) in [7, 11) is 0. The zero-order chi connectivity index (χ0) is 14.4.